The number of likely N-dealkylation sites (tertiary alicyclic amines) is 1. The molecule has 0 saturated carbocycles. The molecular weight excluding hydrogens is 449 g/mol. The van der Waals surface area contributed by atoms with Gasteiger partial charge in [-0.15, -0.1) is 0 Å². The van der Waals surface area contributed by atoms with Crippen molar-refractivity contribution in [1.29, 1.82) is 0 Å². The van der Waals surface area contributed by atoms with Gasteiger partial charge in [-0.2, -0.15) is 13.2 Å². The van der Waals surface area contributed by atoms with Crippen molar-refractivity contribution in [2.24, 2.45) is 5.92 Å². The van der Waals surface area contributed by atoms with Crippen molar-refractivity contribution in [1.82, 2.24) is 20.4 Å². The van der Waals surface area contributed by atoms with E-state index in [0.717, 1.165) is 10.5 Å². The van der Waals surface area contributed by atoms with Gasteiger partial charge >= 0.3 is 12.1 Å². The molecule has 1 aromatic rings. The van der Waals surface area contributed by atoms with Gasteiger partial charge in [0.05, 0.1) is 6.04 Å². The average Bonchev–Trinajstić information content (AvgIpc) is 3.26. The molecular formula is C24H35F3N4O3. The monoisotopic (exact) mass is 484 g/mol. The molecule has 0 radical (unpaired) electrons. The molecule has 1 aromatic carbocycles. The lowest BCUT2D eigenvalue weighted by atomic mass is 10.0. The van der Waals surface area contributed by atoms with E-state index < -0.39 is 30.2 Å². The molecule has 1 fully saturated rings. The van der Waals surface area contributed by atoms with Crippen LogP contribution in [0.1, 0.15) is 39.2 Å². The van der Waals surface area contributed by atoms with E-state index in [9.17, 15) is 27.6 Å². The number of carbonyl (C=O) groups is 3. The summed E-state index contributed by atoms with van der Waals surface area (Å²) in [6, 6.07) is 7.13. The minimum atomic E-state index is -5.00. The number of alkyl halides is 3. The highest BCUT2D eigenvalue weighted by atomic mass is 19.4. The van der Waals surface area contributed by atoms with E-state index in [0.29, 0.717) is 19.4 Å². The Kier molecular flexibility index (Phi) is 9.90. The number of likely N-dealkylation sites (N-methyl/N-ethyl adjacent to an activating group) is 1. The third kappa shape index (κ3) is 7.44. The highest BCUT2D eigenvalue weighted by Crippen LogP contribution is 2.24. The van der Waals surface area contributed by atoms with Crippen molar-refractivity contribution in [3.63, 3.8) is 0 Å². The normalized spacial score (nSPS) is 18.0. The molecule has 0 aliphatic carbocycles. The molecule has 2 N–H and O–H groups in total. The predicted molar refractivity (Wildman–Crippen MR) is 123 cm³/mol. The minimum absolute atomic E-state index is 0.106. The van der Waals surface area contributed by atoms with Crippen LogP contribution < -0.4 is 10.6 Å². The highest BCUT2D eigenvalue weighted by Gasteiger charge is 2.44. The summed E-state index contributed by atoms with van der Waals surface area (Å²) in [6.45, 7) is 5.34. The van der Waals surface area contributed by atoms with E-state index in [1.54, 1.807) is 52.1 Å². The number of nitrogens with zero attached hydrogens (tertiary/aromatic N) is 2. The van der Waals surface area contributed by atoms with Crippen LogP contribution in [0.15, 0.2) is 30.3 Å². The van der Waals surface area contributed by atoms with Crippen LogP contribution >= 0.6 is 0 Å². The van der Waals surface area contributed by atoms with Crippen LogP contribution in [0.25, 0.3) is 0 Å². The van der Waals surface area contributed by atoms with Gasteiger partial charge in [-0.3, -0.25) is 14.4 Å². The van der Waals surface area contributed by atoms with Crippen LogP contribution in [0.3, 0.4) is 0 Å². The van der Waals surface area contributed by atoms with E-state index in [1.807, 2.05) is 6.07 Å². The van der Waals surface area contributed by atoms with Gasteiger partial charge in [0.2, 0.25) is 11.8 Å². The Morgan fingerprint density at radius 1 is 1.15 bits per heavy atom. The zero-order chi connectivity index (χ0) is 25.5. The Balaban J connectivity index is 2.17. The third-order valence-corrected chi connectivity index (χ3v) is 6.19. The fourth-order valence-electron chi connectivity index (χ4n) is 4.04. The van der Waals surface area contributed by atoms with Gasteiger partial charge in [-0.05, 0) is 44.7 Å². The fourth-order valence-corrected chi connectivity index (χ4v) is 4.04. The molecule has 0 unspecified atom stereocenters. The van der Waals surface area contributed by atoms with Crippen molar-refractivity contribution in [3.05, 3.63) is 35.9 Å². The van der Waals surface area contributed by atoms with Gasteiger partial charge in [0.1, 0.15) is 6.04 Å². The van der Waals surface area contributed by atoms with Crippen LogP contribution in [-0.2, 0) is 20.8 Å². The Morgan fingerprint density at radius 3 is 2.35 bits per heavy atom. The zero-order valence-corrected chi connectivity index (χ0v) is 20.2. The number of hydrogen-bond donors (Lipinski definition) is 2. The number of benzene rings is 1. The first-order valence-corrected chi connectivity index (χ1v) is 11.6. The van der Waals surface area contributed by atoms with E-state index >= 15 is 0 Å². The molecule has 2 rings (SSSR count). The summed E-state index contributed by atoms with van der Waals surface area (Å²) in [5, 5.41) is 5.58. The number of amides is 3. The van der Waals surface area contributed by atoms with Crippen molar-refractivity contribution < 1.29 is 27.6 Å². The second-order valence-electron chi connectivity index (χ2n) is 9.05. The summed E-state index contributed by atoms with van der Waals surface area (Å²) in [6.07, 6.45) is -3.61. The molecule has 1 aliphatic heterocycles. The van der Waals surface area contributed by atoms with Crippen molar-refractivity contribution >= 4 is 17.7 Å². The molecule has 10 heteroatoms. The van der Waals surface area contributed by atoms with Crippen LogP contribution in [0, 0.1) is 5.92 Å². The van der Waals surface area contributed by atoms with Crippen LogP contribution in [0.4, 0.5) is 13.2 Å². The first-order chi connectivity index (χ1) is 16.0. The zero-order valence-electron chi connectivity index (χ0n) is 20.2. The average molecular weight is 485 g/mol. The van der Waals surface area contributed by atoms with Gasteiger partial charge in [0.15, 0.2) is 0 Å². The van der Waals surface area contributed by atoms with Gasteiger partial charge in [-0.25, -0.2) is 0 Å². The third-order valence-electron chi connectivity index (χ3n) is 6.19. The molecule has 0 aromatic heterocycles. The van der Waals surface area contributed by atoms with E-state index in [-0.39, 0.29) is 37.2 Å². The molecule has 7 nitrogen and oxygen atoms in total. The molecule has 1 heterocycles. The van der Waals surface area contributed by atoms with Gasteiger partial charge in [0.25, 0.3) is 0 Å². The summed E-state index contributed by atoms with van der Waals surface area (Å²) < 4.78 is 39.9. The Morgan fingerprint density at radius 2 is 1.79 bits per heavy atom. The molecule has 0 spiro atoms. The Bertz CT molecular complexity index is 833. The number of nitrogens with one attached hydrogen (secondary N) is 2. The van der Waals surface area contributed by atoms with Crippen molar-refractivity contribution in [3.8, 4) is 0 Å². The molecule has 34 heavy (non-hydrogen) atoms. The van der Waals surface area contributed by atoms with Crippen LogP contribution in [0.2, 0.25) is 0 Å². The van der Waals surface area contributed by atoms with Gasteiger partial charge < -0.3 is 20.4 Å². The molecule has 0 bridgehead atoms. The maximum atomic E-state index is 13.3. The van der Waals surface area contributed by atoms with E-state index in [4.69, 9.17) is 0 Å². The minimum Gasteiger partial charge on any atom is -0.343 e. The number of rotatable bonds is 10. The largest absolute Gasteiger partial charge is 0.471 e. The summed E-state index contributed by atoms with van der Waals surface area (Å²) in [5.74, 6) is -2.79. The number of hydrogen-bond acceptors (Lipinski definition) is 4. The molecule has 1 saturated heterocycles. The maximum Gasteiger partial charge on any atom is 0.471 e. The predicted octanol–water partition coefficient (Wildman–Crippen LogP) is 2.36. The fraction of sp³-hybridized carbons (Fsp3) is 0.625. The second-order valence-corrected chi connectivity index (χ2v) is 9.05. The van der Waals surface area contributed by atoms with Crippen molar-refractivity contribution in [2.75, 3.05) is 26.7 Å². The molecule has 190 valence electrons. The van der Waals surface area contributed by atoms with Crippen LogP contribution in [-0.4, -0.2) is 78.5 Å². The number of carbonyl (C=O) groups excluding carboxylic acids is 3. The second kappa shape index (κ2) is 12.2. The van der Waals surface area contributed by atoms with Gasteiger partial charge in [-0.1, -0.05) is 44.2 Å². The highest BCUT2D eigenvalue weighted by molar-refractivity contribution is 5.90. The first kappa shape index (κ1) is 27.6. The van der Waals surface area contributed by atoms with Gasteiger partial charge in [0, 0.05) is 25.7 Å². The van der Waals surface area contributed by atoms with Crippen molar-refractivity contribution in [2.45, 2.75) is 64.3 Å². The lowest BCUT2D eigenvalue weighted by molar-refractivity contribution is -0.186. The summed E-state index contributed by atoms with van der Waals surface area (Å²) in [5.41, 5.74) is 0.822. The maximum absolute atomic E-state index is 13.3. The molecule has 3 atom stereocenters. The Labute approximate surface area is 199 Å². The van der Waals surface area contributed by atoms with Crippen LogP contribution in [0.5, 0.6) is 0 Å². The summed E-state index contributed by atoms with van der Waals surface area (Å²) in [7, 11) is 1.63. The Hall–Kier alpha value is -2.62. The molecule has 3 amide bonds. The summed E-state index contributed by atoms with van der Waals surface area (Å²) >= 11 is 0. The standard InChI is InChI=1S/C24H35F3N4O3/c1-16(2)20(29-21(32)17(3)28-4)22(33)31-13-8-11-19(31)15-30(23(34)24(25,26)27)14-12-18-9-6-5-7-10-18/h5-7,9-10,16-17,19-20,28H,8,11-15H2,1-4H3,(H,29,32)/t17-,19-,20-/m0/s1. The SMILES string of the molecule is CN[C@@H](C)C(=O)N[C@H](C(=O)N1CCC[C@H]1CN(CCc1ccccc1)C(=O)C(F)(F)F)C(C)C. The number of halogens is 3. The first-order valence-electron chi connectivity index (χ1n) is 11.6. The summed E-state index contributed by atoms with van der Waals surface area (Å²) in [4.78, 5) is 40.2. The lowest BCUT2D eigenvalue weighted by Crippen LogP contribution is -2.57. The quantitative estimate of drug-likeness (QED) is 0.534. The van der Waals surface area contributed by atoms with E-state index in [1.165, 1.54) is 4.90 Å². The van der Waals surface area contributed by atoms with E-state index in [2.05, 4.69) is 10.6 Å². The molecule has 1 aliphatic rings. The topological polar surface area (TPSA) is 81.8 Å². The lowest BCUT2D eigenvalue weighted by Gasteiger charge is -2.34. The smallest absolute Gasteiger partial charge is 0.343 e.